The minimum Gasteiger partial charge on any atom is -0.0622 e. The maximum absolute atomic E-state index is 12.6. The number of carbonyl (C=O) groups is 4. The third-order valence-electron chi connectivity index (χ3n) is 16.7. The number of methoxy groups -OCH3 is 2. The van der Waals surface area contributed by atoms with Crippen molar-refractivity contribution < 1.29 is 64.3 Å². The summed E-state index contributed by atoms with van der Waals surface area (Å²) in [6.07, 6.45) is 5.58. The molecule has 16 nitrogen and oxygen atoms in total. The van der Waals surface area contributed by atoms with Gasteiger partial charge in [0.25, 0.3) is 11.8 Å². The topological polar surface area (TPSA) is 204 Å². The van der Waals surface area contributed by atoms with E-state index in [0.717, 1.165) is 10.0 Å². The molecule has 0 aliphatic carbocycles. The molecule has 0 bridgehead atoms. The van der Waals surface area contributed by atoms with Crippen LogP contribution in [0.2, 0.25) is 0 Å². The molecule has 0 spiro atoms. The molecule has 10 aromatic carbocycles. The van der Waals surface area contributed by atoms with E-state index in [-0.39, 0.29) is 52.9 Å². The zero-order chi connectivity index (χ0) is 77.0. The first kappa shape index (κ1) is 82.0. The predicted molar refractivity (Wildman–Crippen MR) is 435 cm³/mol. The van der Waals surface area contributed by atoms with Crippen molar-refractivity contribution in [1.82, 2.24) is 29.7 Å². The summed E-state index contributed by atoms with van der Waals surface area (Å²) in [5, 5.41) is 29.4. The second-order valence-electron chi connectivity index (χ2n) is 23.9. The summed E-state index contributed by atoms with van der Waals surface area (Å²) >= 11 is 3.33. The standard InChI is InChI=1S/C25H23N3O5.C18H15BrN2O3.2C18H15P.C7H9NO2.2ClH.Pd/c1-4-33-23(29)21-19-9-8-18(32-3)15-20(19)26-22(27-21)17-7-5-6-16(14-17)10-11-25(31)12-13-28(2)24(25)30;1-3-24-18(22)16-14-8-7-13(23-2)10-15(14)20-17(21-16)11-5-4-6-12(19)9-11;2*1-4-10-16(11-5-1)19(17-12-6-2-7-13-17)18-14-8-3-9-15-18;1-3-7(10)4-5-8(2)6(7)9;;;/h5-9,14-15,31H,4,12-13H2,1-3H3;4-10H,3H2,1-2H3;2*1-15H;1,10H,4-5H2,2H3;2*1H;/q;;;;;;;+2/p-2/t25-;;;;7-;;;/m0...0.../s1. The Balaban J connectivity index is 0.000000160. The number of terminal acetylenes is 1. The molecule has 2 saturated heterocycles. The van der Waals surface area contributed by atoms with E-state index in [1.807, 2.05) is 24.3 Å². The SMILES string of the molecule is C#C[C@]1(O)CCN(C)C1=O.CCOC(=O)c1nc(-c2cccc(Br)c2)nc2cc(OC)ccc12.CCOC(=O)c1nc(-c2cccc(C#C[C@]3(O)CCN(C)C3=O)c2)nc2cc(OC)ccc12.[Cl][Pd][Cl].c1ccc(P(c2ccccc2)c2ccccc2)cc1.c1ccc(P(c2ccccc2)c2ccccc2)cc1. The number of esters is 2. The van der Waals surface area contributed by atoms with Crippen LogP contribution in [0.4, 0.5) is 0 Å². The number of carbonyl (C=O) groups excluding carboxylic acids is 4. The van der Waals surface area contributed by atoms with Gasteiger partial charge in [0.1, 0.15) is 11.5 Å². The second-order valence-corrected chi connectivity index (χ2v) is 31.6. The van der Waals surface area contributed by atoms with Crippen LogP contribution in [-0.4, -0.2) is 130 Å². The van der Waals surface area contributed by atoms with Crippen molar-refractivity contribution in [3.63, 3.8) is 0 Å². The molecule has 2 aliphatic rings. The largest absolute Gasteiger partial charge is 0.0622 e. The van der Waals surface area contributed by atoms with Gasteiger partial charge in [-0.2, -0.15) is 0 Å². The smallest absolute Gasteiger partial charge is 0.0134 e. The van der Waals surface area contributed by atoms with Crippen molar-refractivity contribution in [2.75, 3.05) is 54.6 Å². The number of hydrogen-bond acceptors (Lipinski definition) is 14. The van der Waals surface area contributed by atoms with Crippen LogP contribution in [0.1, 0.15) is 53.2 Å². The van der Waals surface area contributed by atoms with Crippen molar-refractivity contribution in [2.45, 2.75) is 37.9 Å². The number of likely N-dealkylation sites (N-methyl/N-ethyl adjacent to an activating group) is 2. The number of aromatic nitrogens is 4. The molecule has 2 amide bonds. The maximum atomic E-state index is 12.6. The van der Waals surface area contributed by atoms with Crippen LogP contribution in [-0.2, 0) is 35.0 Å². The molecule has 0 saturated carbocycles. The van der Waals surface area contributed by atoms with Gasteiger partial charge in [0.05, 0.1) is 38.5 Å². The minimum atomic E-state index is -1.68. The van der Waals surface area contributed by atoms with Crippen molar-refractivity contribution in [3.8, 4) is 58.5 Å². The number of benzene rings is 10. The average molecular weight is 1670 g/mol. The van der Waals surface area contributed by atoms with Gasteiger partial charge >= 0.3 is 46.9 Å². The van der Waals surface area contributed by atoms with Gasteiger partial charge in [0, 0.05) is 84.1 Å². The van der Waals surface area contributed by atoms with Gasteiger partial charge in [0.2, 0.25) is 11.2 Å². The molecular formula is C86H77BrCl2N6O10P2Pd. The Morgan fingerprint density at radius 2 is 0.843 bits per heavy atom. The summed E-state index contributed by atoms with van der Waals surface area (Å²) in [5.41, 5.74) is 0.375. The van der Waals surface area contributed by atoms with Crippen LogP contribution >= 0.6 is 50.8 Å². The van der Waals surface area contributed by atoms with E-state index < -0.39 is 44.9 Å². The Morgan fingerprint density at radius 3 is 1.15 bits per heavy atom. The maximum Gasteiger partial charge on any atom is -0.0134 e. The number of rotatable bonds is 14. The second kappa shape index (κ2) is 40.8. The molecule has 4 heterocycles. The molecule has 0 radical (unpaired) electrons. The Morgan fingerprint density at radius 1 is 0.500 bits per heavy atom. The van der Waals surface area contributed by atoms with Crippen LogP contribution in [0.15, 0.2) is 271 Å². The van der Waals surface area contributed by atoms with Gasteiger partial charge in [-0.25, -0.2) is 29.5 Å². The summed E-state index contributed by atoms with van der Waals surface area (Å²) in [4.78, 5) is 69.0. The Kier molecular flexibility index (Phi) is 31.0. The summed E-state index contributed by atoms with van der Waals surface area (Å²) in [7, 11) is 15.1. The van der Waals surface area contributed by atoms with Gasteiger partial charge in [-0.05, 0) is 110 Å². The van der Waals surface area contributed by atoms with E-state index in [2.05, 4.69) is 236 Å². The molecule has 12 aromatic rings. The Bertz CT molecular complexity index is 4810. The third-order valence-corrected chi connectivity index (χ3v) is 22.1. The van der Waals surface area contributed by atoms with Gasteiger partial charge in [0.15, 0.2) is 23.0 Å². The first-order valence-corrected chi connectivity index (χ1v) is 41.5. The molecule has 2 aromatic heterocycles. The van der Waals surface area contributed by atoms with Crippen molar-refractivity contribution in [2.24, 2.45) is 0 Å². The quantitative estimate of drug-likeness (QED) is 0.0450. The monoisotopic (exact) mass is 1670 g/mol. The molecule has 552 valence electrons. The van der Waals surface area contributed by atoms with Crippen molar-refractivity contribution in [3.05, 3.63) is 288 Å². The number of amides is 2. The Labute approximate surface area is 656 Å². The van der Waals surface area contributed by atoms with E-state index in [1.54, 1.807) is 103 Å². The summed E-state index contributed by atoms with van der Waals surface area (Å²) in [6, 6.07) is 89.8. The number of ether oxygens (including phenoxy) is 4. The average Bonchev–Trinajstić information content (AvgIpc) is 1.69. The number of halogens is 3. The van der Waals surface area contributed by atoms with Crippen LogP contribution in [0.5, 0.6) is 11.5 Å². The van der Waals surface area contributed by atoms with Crippen LogP contribution in [0.25, 0.3) is 44.6 Å². The first-order chi connectivity index (χ1) is 52.4. The zero-order valence-corrected chi connectivity index (χ0v) is 66.4. The number of fused-ring (bicyclic) bond motifs is 2. The van der Waals surface area contributed by atoms with E-state index in [1.165, 1.54) is 41.6 Å². The normalized spacial score (nSPS) is 14.7. The fourth-order valence-electron chi connectivity index (χ4n) is 11.3. The van der Waals surface area contributed by atoms with E-state index in [0.29, 0.717) is 75.6 Å². The van der Waals surface area contributed by atoms with E-state index in [4.69, 9.17) is 44.4 Å². The number of likely N-dealkylation sites (tertiary alicyclic amines) is 2. The number of hydrogen-bond donors (Lipinski definition) is 2. The Hall–Kier alpha value is -10.0. The molecule has 2 N–H and O–H groups in total. The molecule has 2 atom stereocenters. The molecule has 0 unspecified atom stereocenters. The summed E-state index contributed by atoms with van der Waals surface area (Å²) in [5.74, 6) is 7.93. The van der Waals surface area contributed by atoms with Gasteiger partial charge < -0.3 is 39.0 Å². The molecule has 2 aliphatic heterocycles. The number of nitrogens with zero attached hydrogens (tertiary/aromatic N) is 6. The predicted octanol–water partition coefficient (Wildman–Crippen LogP) is 14.2. The summed E-state index contributed by atoms with van der Waals surface area (Å²) < 4.78 is 21.8. The first-order valence-electron chi connectivity index (χ1n) is 34.0. The molecule has 108 heavy (non-hydrogen) atoms. The fraction of sp³-hybridized carbons (Fsp3) is 0.163. The van der Waals surface area contributed by atoms with Gasteiger partial charge in [-0.3, -0.25) is 9.59 Å². The molecule has 22 heteroatoms. The molecule has 14 rings (SSSR count). The summed E-state index contributed by atoms with van der Waals surface area (Å²) in [6.45, 7) is 4.99. The number of aliphatic hydroxyl groups is 2. The van der Waals surface area contributed by atoms with Gasteiger partial charge in [-0.1, -0.05) is 240 Å². The third kappa shape index (κ3) is 21.9. The van der Waals surface area contributed by atoms with E-state index >= 15 is 0 Å². The van der Waals surface area contributed by atoms with Gasteiger partial charge in [-0.15, -0.1) is 6.42 Å². The molecular weight excluding hydrogens is 1600 g/mol. The minimum absolute atomic E-state index is 0.106. The van der Waals surface area contributed by atoms with Crippen molar-refractivity contribution in [1.29, 1.82) is 0 Å². The van der Waals surface area contributed by atoms with E-state index in [9.17, 15) is 29.4 Å². The van der Waals surface area contributed by atoms with Crippen LogP contribution < -0.4 is 41.3 Å². The van der Waals surface area contributed by atoms with Crippen molar-refractivity contribution >= 4 is 128 Å². The van der Waals surface area contributed by atoms with Crippen LogP contribution in [0.3, 0.4) is 0 Å². The van der Waals surface area contributed by atoms with Crippen LogP contribution in [0, 0.1) is 24.2 Å². The molecule has 2 fully saturated rings. The zero-order valence-electron chi connectivity index (χ0n) is 59.9. The fourth-order valence-corrected chi connectivity index (χ4v) is 16.3.